The molecule has 8 heteroatoms. The second-order valence-corrected chi connectivity index (χ2v) is 7.40. The first-order chi connectivity index (χ1) is 11.9. The Kier molecular flexibility index (Phi) is 5.24. The zero-order chi connectivity index (χ0) is 18.0. The zero-order valence-corrected chi connectivity index (χ0v) is 15.6. The molecule has 1 aliphatic heterocycles. The van der Waals surface area contributed by atoms with Crippen LogP contribution in [0.15, 0.2) is 29.6 Å². The molecular formula is C17H19ClN4O2S. The molecule has 1 aliphatic rings. The molecule has 1 N–H and O–H groups in total. The van der Waals surface area contributed by atoms with Crippen LogP contribution in [0.2, 0.25) is 5.02 Å². The van der Waals surface area contributed by atoms with Gasteiger partial charge in [-0.25, -0.2) is 9.78 Å². The van der Waals surface area contributed by atoms with Crippen LogP contribution in [0.1, 0.15) is 29.9 Å². The highest BCUT2D eigenvalue weighted by Gasteiger charge is 2.31. The van der Waals surface area contributed by atoms with Crippen molar-refractivity contribution in [3.63, 3.8) is 0 Å². The third-order valence-electron chi connectivity index (χ3n) is 3.76. The van der Waals surface area contributed by atoms with Gasteiger partial charge in [0, 0.05) is 36.1 Å². The Hall–Kier alpha value is -2.12. The summed E-state index contributed by atoms with van der Waals surface area (Å²) in [5.74, 6) is -0.220. The molecular weight excluding hydrogens is 360 g/mol. The van der Waals surface area contributed by atoms with Crippen LogP contribution >= 0.6 is 22.9 Å². The number of anilines is 1. The average molecular weight is 379 g/mol. The second kappa shape index (κ2) is 7.41. The number of benzene rings is 1. The van der Waals surface area contributed by atoms with Gasteiger partial charge < -0.3 is 10.2 Å². The van der Waals surface area contributed by atoms with Gasteiger partial charge in [-0.15, -0.1) is 11.3 Å². The van der Waals surface area contributed by atoms with E-state index in [1.165, 1.54) is 11.3 Å². The van der Waals surface area contributed by atoms with Crippen LogP contribution in [0.5, 0.6) is 0 Å². The summed E-state index contributed by atoms with van der Waals surface area (Å²) in [6, 6.07) is 7.40. The van der Waals surface area contributed by atoms with Crippen LogP contribution in [0.4, 0.5) is 9.93 Å². The van der Waals surface area contributed by atoms with Gasteiger partial charge in [0.25, 0.3) is 5.91 Å². The number of amides is 3. The standard InChI is InChI=1S/C17H19ClN4O2S/c1-11(2)19-15(23)14-10-25-16(20-14)22-8-7-21(17(22)24)9-12-3-5-13(18)6-4-12/h3-6,10-11H,7-9H2,1-2H3,(H,19,23). The summed E-state index contributed by atoms with van der Waals surface area (Å²) in [5, 5.41) is 5.71. The fourth-order valence-electron chi connectivity index (χ4n) is 2.55. The lowest BCUT2D eigenvalue weighted by molar-refractivity contribution is 0.0939. The smallest absolute Gasteiger partial charge is 0.326 e. The minimum Gasteiger partial charge on any atom is -0.349 e. The van der Waals surface area contributed by atoms with Crippen molar-refractivity contribution in [1.29, 1.82) is 0 Å². The van der Waals surface area contributed by atoms with Crippen LogP contribution in [0.25, 0.3) is 0 Å². The number of carbonyl (C=O) groups is 2. The fraction of sp³-hybridized carbons (Fsp3) is 0.353. The Balaban J connectivity index is 1.66. The fourth-order valence-corrected chi connectivity index (χ4v) is 3.50. The molecule has 2 heterocycles. The lowest BCUT2D eigenvalue weighted by Crippen LogP contribution is -2.32. The van der Waals surface area contributed by atoms with Gasteiger partial charge in [0.05, 0.1) is 0 Å². The van der Waals surface area contributed by atoms with Gasteiger partial charge in [-0.1, -0.05) is 23.7 Å². The molecule has 0 unspecified atom stereocenters. The number of nitrogens with zero attached hydrogens (tertiary/aromatic N) is 3. The molecule has 2 aromatic rings. The summed E-state index contributed by atoms with van der Waals surface area (Å²) in [6.45, 7) is 5.49. The molecule has 1 aromatic heterocycles. The molecule has 0 bridgehead atoms. The van der Waals surface area contributed by atoms with E-state index in [9.17, 15) is 9.59 Å². The van der Waals surface area contributed by atoms with Crippen molar-refractivity contribution in [3.8, 4) is 0 Å². The molecule has 0 saturated carbocycles. The third-order valence-corrected chi connectivity index (χ3v) is 4.87. The van der Waals surface area contributed by atoms with Gasteiger partial charge in [-0.3, -0.25) is 9.69 Å². The Morgan fingerprint density at radius 2 is 2.04 bits per heavy atom. The first-order valence-electron chi connectivity index (χ1n) is 8.01. The predicted molar refractivity (Wildman–Crippen MR) is 99.3 cm³/mol. The number of hydrogen-bond donors (Lipinski definition) is 1. The number of nitrogens with one attached hydrogen (secondary N) is 1. The maximum absolute atomic E-state index is 12.6. The summed E-state index contributed by atoms with van der Waals surface area (Å²) < 4.78 is 0. The highest BCUT2D eigenvalue weighted by Crippen LogP contribution is 2.25. The van der Waals surface area contributed by atoms with Crippen LogP contribution in [-0.4, -0.2) is 41.0 Å². The van der Waals surface area contributed by atoms with E-state index in [4.69, 9.17) is 11.6 Å². The topological polar surface area (TPSA) is 65.5 Å². The minimum absolute atomic E-state index is 0.0425. The predicted octanol–water partition coefficient (Wildman–Crippen LogP) is 3.38. The van der Waals surface area contributed by atoms with Gasteiger partial charge in [0.1, 0.15) is 5.69 Å². The van der Waals surface area contributed by atoms with Crippen LogP contribution in [0, 0.1) is 0 Å². The lowest BCUT2D eigenvalue weighted by atomic mass is 10.2. The largest absolute Gasteiger partial charge is 0.349 e. The van der Waals surface area contributed by atoms with E-state index in [2.05, 4.69) is 10.3 Å². The van der Waals surface area contributed by atoms with Gasteiger partial charge in [-0.2, -0.15) is 0 Å². The number of rotatable bonds is 5. The number of halogens is 1. The van der Waals surface area contributed by atoms with E-state index < -0.39 is 0 Å². The van der Waals surface area contributed by atoms with E-state index in [0.717, 1.165) is 5.56 Å². The van der Waals surface area contributed by atoms with Crippen molar-refractivity contribution >= 4 is 40.0 Å². The van der Waals surface area contributed by atoms with Crippen molar-refractivity contribution in [1.82, 2.24) is 15.2 Å². The molecule has 1 aromatic carbocycles. The second-order valence-electron chi connectivity index (χ2n) is 6.13. The molecule has 3 rings (SSSR count). The summed E-state index contributed by atoms with van der Waals surface area (Å²) in [6.07, 6.45) is 0. The van der Waals surface area contributed by atoms with Crippen LogP contribution in [0.3, 0.4) is 0 Å². The molecule has 0 aliphatic carbocycles. The SMILES string of the molecule is CC(C)NC(=O)c1csc(N2CCN(Cc3ccc(Cl)cc3)C2=O)n1. The summed E-state index contributed by atoms with van der Waals surface area (Å²) in [7, 11) is 0. The number of urea groups is 1. The van der Waals surface area contributed by atoms with Crippen LogP contribution < -0.4 is 10.2 Å². The van der Waals surface area contributed by atoms with E-state index in [0.29, 0.717) is 35.5 Å². The summed E-state index contributed by atoms with van der Waals surface area (Å²) in [4.78, 5) is 32.3. The average Bonchev–Trinajstić information content (AvgIpc) is 3.17. The number of carbonyl (C=O) groups excluding carboxylic acids is 2. The maximum atomic E-state index is 12.6. The molecule has 0 atom stereocenters. The Morgan fingerprint density at radius 3 is 2.72 bits per heavy atom. The van der Waals surface area contributed by atoms with Crippen LogP contribution in [-0.2, 0) is 6.54 Å². The highest BCUT2D eigenvalue weighted by molar-refractivity contribution is 7.14. The molecule has 3 amide bonds. The molecule has 1 saturated heterocycles. The summed E-state index contributed by atoms with van der Waals surface area (Å²) >= 11 is 7.20. The highest BCUT2D eigenvalue weighted by atomic mass is 35.5. The first-order valence-corrected chi connectivity index (χ1v) is 9.27. The molecule has 6 nitrogen and oxygen atoms in total. The third kappa shape index (κ3) is 4.11. The maximum Gasteiger partial charge on any atom is 0.326 e. The Labute approximate surface area is 155 Å². The Morgan fingerprint density at radius 1 is 1.32 bits per heavy atom. The van der Waals surface area contributed by atoms with Crippen molar-refractivity contribution in [2.45, 2.75) is 26.4 Å². The van der Waals surface area contributed by atoms with Crippen molar-refractivity contribution in [2.75, 3.05) is 18.0 Å². The van der Waals surface area contributed by atoms with Gasteiger partial charge in [0.15, 0.2) is 5.13 Å². The van der Waals surface area contributed by atoms with Crippen molar-refractivity contribution in [2.24, 2.45) is 0 Å². The molecule has 25 heavy (non-hydrogen) atoms. The van der Waals surface area contributed by atoms with Gasteiger partial charge in [0.2, 0.25) is 0 Å². The monoisotopic (exact) mass is 378 g/mol. The Bertz CT molecular complexity index is 775. The van der Waals surface area contributed by atoms with Crippen molar-refractivity contribution in [3.05, 3.63) is 45.9 Å². The number of thiazole rings is 1. The van der Waals surface area contributed by atoms with Gasteiger partial charge in [-0.05, 0) is 31.5 Å². The molecule has 1 fully saturated rings. The first kappa shape index (κ1) is 17.7. The molecule has 0 radical (unpaired) electrons. The van der Waals surface area contributed by atoms with E-state index in [1.54, 1.807) is 15.2 Å². The lowest BCUT2D eigenvalue weighted by Gasteiger charge is -2.17. The number of hydrogen-bond acceptors (Lipinski definition) is 4. The normalized spacial score (nSPS) is 14.5. The van der Waals surface area contributed by atoms with E-state index in [1.807, 2.05) is 38.1 Å². The molecule has 132 valence electrons. The summed E-state index contributed by atoms with van der Waals surface area (Å²) in [5.41, 5.74) is 1.37. The van der Waals surface area contributed by atoms with E-state index in [-0.39, 0.29) is 18.0 Å². The number of aromatic nitrogens is 1. The van der Waals surface area contributed by atoms with E-state index >= 15 is 0 Å². The van der Waals surface area contributed by atoms with Gasteiger partial charge >= 0.3 is 6.03 Å². The van der Waals surface area contributed by atoms with Crippen molar-refractivity contribution < 1.29 is 9.59 Å². The zero-order valence-electron chi connectivity index (χ0n) is 14.0. The quantitative estimate of drug-likeness (QED) is 0.867. The minimum atomic E-state index is -0.220. The molecule has 0 spiro atoms.